The highest BCUT2D eigenvalue weighted by molar-refractivity contribution is 7.90. The fourth-order valence-corrected chi connectivity index (χ4v) is 12.0. The molecule has 5 heterocycles. The molecular weight excluding hydrogens is 1140 g/mol. The summed E-state index contributed by atoms with van der Waals surface area (Å²) in [6, 6.07) is 27.1. The van der Waals surface area contributed by atoms with Crippen LogP contribution in [0.5, 0.6) is 17.6 Å². The minimum absolute atomic E-state index is 0.00275. The third-order valence-corrected chi connectivity index (χ3v) is 17.1. The topological polar surface area (TPSA) is 301 Å². The van der Waals surface area contributed by atoms with E-state index in [0.29, 0.717) is 23.3 Å². The van der Waals surface area contributed by atoms with E-state index >= 15 is 0 Å². The monoisotopic (exact) mass is 1200 g/mol. The molecule has 3 aliphatic rings. The molecule has 0 spiro atoms. The van der Waals surface area contributed by atoms with E-state index in [1.807, 2.05) is 74.9 Å². The van der Waals surface area contributed by atoms with Gasteiger partial charge in [-0.05, 0) is 166 Å². The summed E-state index contributed by atoms with van der Waals surface area (Å²) in [7, 11) is -3.31. The summed E-state index contributed by atoms with van der Waals surface area (Å²) >= 11 is 0. The van der Waals surface area contributed by atoms with Gasteiger partial charge < -0.3 is 34.4 Å². The Hall–Kier alpha value is -9.28. The van der Waals surface area contributed by atoms with Gasteiger partial charge in [-0.3, -0.25) is 9.59 Å². The number of nitrogen functional groups attached to an aromatic ring is 1. The number of hydrogen-bond acceptors (Lipinski definition) is 16. The number of carbonyl (C=O) groups is 1. The number of nitrogens with zero attached hydrogens (tertiary/aromatic N) is 6. The van der Waals surface area contributed by atoms with Crippen molar-refractivity contribution >= 4 is 49.2 Å². The van der Waals surface area contributed by atoms with E-state index in [2.05, 4.69) is 43.5 Å². The van der Waals surface area contributed by atoms with Crippen molar-refractivity contribution < 1.29 is 40.6 Å². The van der Waals surface area contributed by atoms with Crippen LogP contribution in [0, 0.1) is 0 Å². The Morgan fingerprint density at radius 2 is 1.01 bits per heavy atom. The molecule has 0 unspecified atom stereocenters. The van der Waals surface area contributed by atoms with Crippen LogP contribution in [-0.2, 0) is 63.4 Å². The zero-order valence-corrected chi connectivity index (χ0v) is 50.4. The molecule has 2 amide bonds. The largest absolute Gasteiger partial charge is 0.481 e. The highest BCUT2D eigenvalue weighted by Crippen LogP contribution is 2.41. The van der Waals surface area contributed by atoms with Crippen molar-refractivity contribution in [1.82, 2.24) is 28.8 Å². The second-order valence-corrected chi connectivity index (χ2v) is 24.2. The van der Waals surface area contributed by atoms with E-state index in [1.54, 1.807) is 51.0 Å². The molecule has 0 saturated carbocycles. The molecule has 3 aromatic carbocycles. The molecule has 0 aliphatic heterocycles. The van der Waals surface area contributed by atoms with Crippen molar-refractivity contribution in [2.75, 3.05) is 32.4 Å². The molecule has 21 nitrogen and oxygen atoms in total. The van der Waals surface area contributed by atoms with Crippen molar-refractivity contribution in [3.8, 4) is 51.0 Å². The molecule has 3 aliphatic carbocycles. The van der Waals surface area contributed by atoms with Gasteiger partial charge in [-0.1, -0.05) is 36.4 Å². The summed E-state index contributed by atoms with van der Waals surface area (Å²) in [5, 5.41) is 7.62. The van der Waals surface area contributed by atoms with Gasteiger partial charge in [0.25, 0.3) is 21.1 Å². The highest BCUT2D eigenvalue weighted by atomic mass is 32.2. The molecule has 0 bridgehead atoms. The minimum Gasteiger partial charge on any atom is -0.481 e. The molecular formula is C63H68N10O11S2. The van der Waals surface area contributed by atoms with Crippen molar-refractivity contribution in [2.24, 2.45) is 10.1 Å². The van der Waals surface area contributed by atoms with Gasteiger partial charge in [0, 0.05) is 95.8 Å². The van der Waals surface area contributed by atoms with E-state index < -0.39 is 31.6 Å². The van der Waals surface area contributed by atoms with Gasteiger partial charge in [0.05, 0.1) is 42.5 Å². The summed E-state index contributed by atoms with van der Waals surface area (Å²) in [5.74, 6) is 1.59. The maximum Gasteiger partial charge on any atom is 0.333 e. The molecule has 0 fully saturated rings. The number of benzene rings is 3. The third kappa shape index (κ3) is 14.8. The van der Waals surface area contributed by atoms with E-state index in [9.17, 15) is 36.0 Å². The Bertz CT molecular complexity index is 4240. The number of anilines is 2. The number of isocyanates is 1. The molecule has 0 saturated heterocycles. The van der Waals surface area contributed by atoms with E-state index in [-0.39, 0.29) is 27.4 Å². The van der Waals surface area contributed by atoms with Crippen LogP contribution in [0.2, 0.25) is 0 Å². The van der Waals surface area contributed by atoms with Crippen LogP contribution in [0.25, 0.3) is 33.4 Å². The number of aromatic nitrogens is 5. The summed E-state index contributed by atoms with van der Waals surface area (Å²) in [5.41, 5.74) is 20.4. The first-order valence-corrected chi connectivity index (χ1v) is 30.8. The van der Waals surface area contributed by atoms with Gasteiger partial charge >= 0.3 is 6.03 Å². The van der Waals surface area contributed by atoms with Crippen molar-refractivity contribution in [3.05, 3.63) is 182 Å². The van der Waals surface area contributed by atoms with Crippen LogP contribution >= 0.6 is 0 Å². The zero-order chi connectivity index (χ0) is 61.9. The van der Waals surface area contributed by atoms with Crippen LogP contribution in [-0.4, -0.2) is 74.4 Å². The number of aryl methyl sites for hydroxylation is 3. The lowest BCUT2D eigenvalue weighted by Crippen LogP contribution is -2.35. The predicted octanol–water partition coefficient (Wildman–Crippen LogP) is 9.62. The molecule has 6 N–H and O–H groups in total. The highest BCUT2D eigenvalue weighted by Gasteiger charge is 2.25. The number of pyridine rings is 5. The average Bonchev–Trinajstić information content (AvgIpc) is 4.11. The van der Waals surface area contributed by atoms with Crippen LogP contribution < -0.4 is 46.2 Å². The lowest BCUT2D eigenvalue weighted by Gasteiger charge is -2.17. The molecule has 448 valence electrons. The molecule has 86 heavy (non-hydrogen) atoms. The number of nitrogens with one attached hydrogen (secondary N) is 2. The number of hydrogen-bond donors (Lipinski definition) is 4. The Balaban J connectivity index is 0.000000158. The van der Waals surface area contributed by atoms with Crippen molar-refractivity contribution in [1.29, 1.82) is 0 Å². The summed E-state index contributed by atoms with van der Waals surface area (Å²) < 4.78 is 67.8. The van der Waals surface area contributed by atoms with Gasteiger partial charge in [0.1, 0.15) is 0 Å². The molecule has 23 heteroatoms. The quantitative estimate of drug-likeness (QED) is 0.0474. The van der Waals surface area contributed by atoms with Gasteiger partial charge in [0.15, 0.2) is 0 Å². The number of carbonyl (C=O) groups excluding carboxylic acids is 2. The Kier molecular flexibility index (Phi) is 20.2. The smallest absolute Gasteiger partial charge is 0.333 e. The maximum atomic E-state index is 12.8. The molecule has 0 atom stereocenters. The lowest BCUT2D eigenvalue weighted by molar-refractivity contribution is 0.256. The standard InChI is InChI=1S/C24H26N4O5S.C16H14N2O2.C15H16N2O.C8H12N2O3S/c1-15(2)28-12-10-18(14-22(28)29)34(31,32)27-24(30)26-23-19-6-4-5-16(19)7-8-20(23)17-9-11-25-21(13-17)33-3;1-20-15-9-12(7-8-17-15)14-6-5-11-3-2-4-13(11)16(14)18-10-19;1-18-14-9-11(7-8-17-14)13-6-5-10-3-2-4-12(10)15(13)16;1-6(2)10-4-3-7(5-8(10)11)14(9,12)13/h7-15H,4-6H2,1-3H3,(H2,26,27,30);5-9H,2-4H2,1H3;5-9H,2-4,16H2,1H3;3-6H,1-2H3,(H2,9,12,13). The molecule has 11 rings (SSSR count). The number of methoxy groups -OCH3 is 3. The summed E-state index contributed by atoms with van der Waals surface area (Å²) in [6.45, 7) is 7.29. The number of ether oxygens (including phenoxy) is 3. The second-order valence-electron chi connectivity index (χ2n) is 20.9. The number of sulfonamides is 2. The molecule has 0 radical (unpaired) electrons. The maximum absolute atomic E-state index is 12.8. The summed E-state index contributed by atoms with van der Waals surface area (Å²) in [4.78, 5) is 63.1. The Morgan fingerprint density at radius 3 is 1.50 bits per heavy atom. The number of rotatable bonds is 13. The first-order valence-electron chi connectivity index (χ1n) is 27.7. The van der Waals surface area contributed by atoms with Crippen LogP contribution in [0.3, 0.4) is 0 Å². The van der Waals surface area contributed by atoms with Gasteiger partial charge in [-0.15, -0.1) is 0 Å². The van der Waals surface area contributed by atoms with E-state index in [0.717, 1.165) is 119 Å². The van der Waals surface area contributed by atoms with Gasteiger partial charge in [0.2, 0.25) is 33.7 Å². The molecule has 8 aromatic rings. The first kappa shape index (κ1) is 62.8. The fourth-order valence-electron chi connectivity index (χ4n) is 10.6. The predicted molar refractivity (Wildman–Crippen MR) is 330 cm³/mol. The normalized spacial score (nSPS) is 12.8. The van der Waals surface area contributed by atoms with Gasteiger partial charge in [-0.25, -0.2) is 51.2 Å². The van der Waals surface area contributed by atoms with E-state index in [1.165, 1.54) is 69.4 Å². The fraction of sp³-hybridized carbons (Fsp3) is 0.286. The van der Waals surface area contributed by atoms with Crippen molar-refractivity contribution in [3.63, 3.8) is 0 Å². The first-order chi connectivity index (χ1) is 41.1. The second kappa shape index (κ2) is 27.6. The van der Waals surface area contributed by atoms with Crippen LogP contribution in [0.1, 0.15) is 92.4 Å². The molecule has 5 aromatic heterocycles. The summed E-state index contributed by atoms with van der Waals surface area (Å²) in [6.07, 6.45) is 18.7. The lowest BCUT2D eigenvalue weighted by atomic mass is 9.98. The zero-order valence-electron chi connectivity index (χ0n) is 48.8. The number of primary sulfonamides is 1. The number of amides is 2. The van der Waals surface area contributed by atoms with E-state index in [4.69, 9.17) is 25.1 Å². The van der Waals surface area contributed by atoms with Crippen molar-refractivity contribution in [2.45, 2.75) is 107 Å². The third-order valence-electron chi connectivity index (χ3n) is 14.8. The Labute approximate surface area is 499 Å². The minimum atomic E-state index is -4.25. The number of urea groups is 1. The number of nitrogens with two attached hydrogens (primary N) is 2. The van der Waals surface area contributed by atoms with Crippen LogP contribution in [0.4, 0.5) is 21.9 Å². The number of aliphatic imine (C=N–C) groups is 1. The average molecular weight is 1210 g/mol. The SMILES string of the molecule is CC(C)n1ccc(S(N)(=O)=O)cc1=O.COc1cc(-c2ccc3c(c2N)CCC3)ccn1.COc1cc(-c2ccc3c(c2N=C=O)CCC3)ccn1.COc1cc(-c2ccc3c(c2NC(=O)NS(=O)(=O)c2ccn(C(C)C)c(=O)c2)CCC3)ccn1. The Morgan fingerprint density at radius 1 is 0.581 bits per heavy atom. The van der Waals surface area contributed by atoms with Crippen LogP contribution in [0.15, 0.2) is 152 Å². The van der Waals surface area contributed by atoms with Gasteiger partial charge in [-0.2, -0.15) is 4.99 Å². The number of fused-ring (bicyclic) bond motifs is 3.